The van der Waals surface area contributed by atoms with Crippen LogP contribution in [0.5, 0.6) is 0 Å². The summed E-state index contributed by atoms with van der Waals surface area (Å²) in [5.41, 5.74) is -0.505. The molecule has 0 atom stereocenters. The minimum atomic E-state index is -1.68. The molecule has 1 aromatic heterocycles. The number of hydrogen-bond acceptors (Lipinski definition) is 4. The lowest BCUT2D eigenvalue weighted by molar-refractivity contribution is -0.115. The highest BCUT2D eigenvalue weighted by molar-refractivity contribution is 7.13. The van der Waals surface area contributed by atoms with Crippen LogP contribution in [0.3, 0.4) is 0 Å². The molecule has 0 bridgehead atoms. The number of halogens is 3. The van der Waals surface area contributed by atoms with E-state index in [1.165, 1.54) is 17.5 Å². The molecule has 1 aromatic carbocycles. The quantitative estimate of drug-likeness (QED) is 0.820. The zero-order chi connectivity index (χ0) is 17.0. The van der Waals surface area contributed by atoms with Gasteiger partial charge in [0, 0.05) is 0 Å². The number of aromatic nitrogens is 1. The van der Waals surface area contributed by atoms with Gasteiger partial charge < -0.3 is 10.6 Å². The average Bonchev–Trinajstić information content (AvgIpc) is 3.02. The molecule has 9 heteroatoms. The van der Waals surface area contributed by atoms with E-state index in [4.69, 9.17) is 0 Å². The number of aryl methyl sites for hydroxylation is 1. The van der Waals surface area contributed by atoms with Gasteiger partial charge in [-0.05, 0) is 18.6 Å². The Bertz CT molecular complexity index is 749. The van der Waals surface area contributed by atoms with Crippen molar-refractivity contribution in [1.82, 2.24) is 10.3 Å². The first-order chi connectivity index (χ1) is 10.9. The van der Waals surface area contributed by atoms with Crippen molar-refractivity contribution in [2.24, 2.45) is 0 Å². The SMILES string of the molecule is CCc1ncc(C(=O)NCC(=O)Nc2ccc(F)c(F)c2F)s1. The largest absolute Gasteiger partial charge is 0.342 e. The van der Waals surface area contributed by atoms with Crippen LogP contribution in [0.15, 0.2) is 18.3 Å². The molecular weight excluding hydrogens is 331 g/mol. The van der Waals surface area contributed by atoms with E-state index in [0.717, 1.165) is 11.1 Å². The Labute approximate surface area is 133 Å². The Morgan fingerprint density at radius 1 is 1.22 bits per heavy atom. The first-order valence-corrected chi connectivity index (χ1v) is 7.40. The molecule has 0 radical (unpaired) electrons. The molecule has 2 rings (SSSR count). The maximum Gasteiger partial charge on any atom is 0.263 e. The van der Waals surface area contributed by atoms with Crippen LogP contribution >= 0.6 is 11.3 Å². The standard InChI is InChI=1S/C14H12F3N3O2S/c1-2-11-18-5-9(23-11)14(22)19-6-10(21)20-8-4-3-7(15)12(16)13(8)17/h3-5H,2,6H2,1H3,(H,19,22)(H,20,21). The third-order valence-corrected chi connectivity index (χ3v) is 3.94. The molecule has 2 aromatic rings. The molecule has 0 aliphatic rings. The lowest BCUT2D eigenvalue weighted by Gasteiger charge is -2.08. The number of carbonyl (C=O) groups is 2. The average molecular weight is 343 g/mol. The zero-order valence-electron chi connectivity index (χ0n) is 12.0. The van der Waals surface area contributed by atoms with E-state index in [1.54, 1.807) is 0 Å². The van der Waals surface area contributed by atoms with E-state index in [0.29, 0.717) is 17.4 Å². The van der Waals surface area contributed by atoms with Crippen LogP contribution in [-0.2, 0) is 11.2 Å². The molecule has 0 fully saturated rings. The van der Waals surface area contributed by atoms with Crippen molar-refractivity contribution < 1.29 is 22.8 Å². The van der Waals surface area contributed by atoms with E-state index in [9.17, 15) is 22.8 Å². The summed E-state index contributed by atoms with van der Waals surface area (Å²) in [5, 5.41) is 5.17. The molecule has 5 nitrogen and oxygen atoms in total. The van der Waals surface area contributed by atoms with Gasteiger partial charge in [-0.25, -0.2) is 18.2 Å². The molecular formula is C14H12F3N3O2S. The summed E-state index contributed by atoms with van der Waals surface area (Å²) >= 11 is 1.20. The topological polar surface area (TPSA) is 71.1 Å². The number of rotatable bonds is 5. The van der Waals surface area contributed by atoms with Gasteiger partial charge in [-0.3, -0.25) is 9.59 Å². The van der Waals surface area contributed by atoms with Crippen molar-refractivity contribution >= 4 is 28.8 Å². The molecule has 0 aliphatic carbocycles. The third-order valence-electron chi connectivity index (χ3n) is 2.80. The van der Waals surface area contributed by atoms with Gasteiger partial charge >= 0.3 is 0 Å². The number of nitrogens with zero attached hydrogens (tertiary/aromatic N) is 1. The smallest absolute Gasteiger partial charge is 0.263 e. The third kappa shape index (κ3) is 4.07. The molecule has 23 heavy (non-hydrogen) atoms. The summed E-state index contributed by atoms with van der Waals surface area (Å²) in [7, 11) is 0. The zero-order valence-corrected chi connectivity index (χ0v) is 12.8. The predicted molar refractivity (Wildman–Crippen MR) is 78.8 cm³/mol. The fourth-order valence-corrected chi connectivity index (χ4v) is 2.42. The van der Waals surface area contributed by atoms with Crippen molar-refractivity contribution in [3.8, 4) is 0 Å². The summed E-state index contributed by atoms with van der Waals surface area (Å²) in [6.45, 7) is 1.45. The van der Waals surface area contributed by atoms with Gasteiger partial charge in [0.15, 0.2) is 17.5 Å². The van der Waals surface area contributed by atoms with Gasteiger partial charge in [-0.15, -0.1) is 11.3 Å². The predicted octanol–water partition coefficient (Wildman–Crippen LogP) is 2.49. The van der Waals surface area contributed by atoms with Crippen LogP contribution < -0.4 is 10.6 Å². The summed E-state index contributed by atoms with van der Waals surface area (Å²) < 4.78 is 39.2. The highest BCUT2D eigenvalue weighted by Crippen LogP contribution is 2.19. The molecule has 0 unspecified atom stereocenters. The number of benzene rings is 1. The van der Waals surface area contributed by atoms with Crippen molar-refractivity contribution in [1.29, 1.82) is 0 Å². The van der Waals surface area contributed by atoms with Crippen LogP contribution in [-0.4, -0.2) is 23.3 Å². The fraction of sp³-hybridized carbons (Fsp3) is 0.214. The Balaban J connectivity index is 1.92. The van der Waals surface area contributed by atoms with Gasteiger partial charge in [-0.1, -0.05) is 6.92 Å². The van der Waals surface area contributed by atoms with Crippen LogP contribution in [0.2, 0.25) is 0 Å². The van der Waals surface area contributed by atoms with Crippen molar-refractivity contribution in [2.75, 3.05) is 11.9 Å². The molecule has 0 aliphatic heterocycles. The number of nitrogens with one attached hydrogen (secondary N) is 2. The maximum atomic E-state index is 13.4. The Morgan fingerprint density at radius 3 is 2.61 bits per heavy atom. The van der Waals surface area contributed by atoms with Gasteiger partial charge in [0.25, 0.3) is 5.91 Å². The van der Waals surface area contributed by atoms with Crippen molar-refractivity contribution in [2.45, 2.75) is 13.3 Å². The number of anilines is 1. The second kappa shape index (κ2) is 7.23. The lowest BCUT2D eigenvalue weighted by Crippen LogP contribution is -2.32. The van der Waals surface area contributed by atoms with E-state index in [2.05, 4.69) is 15.6 Å². The molecule has 0 spiro atoms. The van der Waals surface area contributed by atoms with Gasteiger partial charge in [0.05, 0.1) is 23.4 Å². The first kappa shape index (κ1) is 16.9. The van der Waals surface area contributed by atoms with Crippen LogP contribution in [0.1, 0.15) is 21.6 Å². The van der Waals surface area contributed by atoms with E-state index < -0.39 is 41.5 Å². The van der Waals surface area contributed by atoms with Crippen LogP contribution in [0.4, 0.5) is 18.9 Å². The minimum Gasteiger partial charge on any atom is -0.342 e. The van der Waals surface area contributed by atoms with E-state index in [1.807, 2.05) is 6.92 Å². The first-order valence-electron chi connectivity index (χ1n) is 6.58. The number of amides is 2. The molecule has 1 heterocycles. The molecule has 2 N–H and O–H groups in total. The minimum absolute atomic E-state index is 0.341. The summed E-state index contributed by atoms with van der Waals surface area (Å²) in [6, 6.07) is 1.58. The second-order valence-electron chi connectivity index (χ2n) is 4.43. The fourth-order valence-electron chi connectivity index (χ4n) is 1.64. The summed E-state index contributed by atoms with van der Waals surface area (Å²) in [6.07, 6.45) is 2.08. The monoisotopic (exact) mass is 343 g/mol. The summed E-state index contributed by atoms with van der Waals surface area (Å²) in [4.78, 5) is 27.8. The Morgan fingerprint density at radius 2 is 1.96 bits per heavy atom. The molecule has 0 saturated carbocycles. The normalized spacial score (nSPS) is 10.4. The molecule has 0 saturated heterocycles. The maximum absolute atomic E-state index is 13.4. The lowest BCUT2D eigenvalue weighted by atomic mass is 10.2. The van der Waals surface area contributed by atoms with Crippen LogP contribution in [0, 0.1) is 17.5 Å². The molecule has 122 valence electrons. The highest BCUT2D eigenvalue weighted by atomic mass is 32.1. The van der Waals surface area contributed by atoms with Crippen LogP contribution in [0.25, 0.3) is 0 Å². The second-order valence-corrected chi connectivity index (χ2v) is 5.54. The van der Waals surface area contributed by atoms with Crippen molar-refractivity contribution in [3.63, 3.8) is 0 Å². The van der Waals surface area contributed by atoms with Gasteiger partial charge in [-0.2, -0.15) is 0 Å². The number of hydrogen-bond donors (Lipinski definition) is 2. The van der Waals surface area contributed by atoms with E-state index >= 15 is 0 Å². The van der Waals surface area contributed by atoms with Gasteiger partial charge in [0.1, 0.15) is 4.88 Å². The Kier molecular flexibility index (Phi) is 5.32. The number of carbonyl (C=O) groups excluding carboxylic acids is 2. The summed E-state index contributed by atoms with van der Waals surface area (Å²) in [5.74, 6) is -5.80. The van der Waals surface area contributed by atoms with Gasteiger partial charge in [0.2, 0.25) is 5.91 Å². The number of thiazole rings is 1. The van der Waals surface area contributed by atoms with Crippen molar-refractivity contribution in [3.05, 3.63) is 45.7 Å². The molecule has 2 amide bonds. The van der Waals surface area contributed by atoms with E-state index in [-0.39, 0.29) is 0 Å². The Hall–Kier alpha value is -2.42. The highest BCUT2D eigenvalue weighted by Gasteiger charge is 2.16.